The highest BCUT2D eigenvalue weighted by Gasteiger charge is 2.23. The molecule has 2 fully saturated rings. The number of hydrogen-bond donors (Lipinski definition) is 1. The van der Waals surface area contributed by atoms with Gasteiger partial charge in [-0.1, -0.05) is 32.6 Å². The zero-order valence-corrected chi connectivity index (χ0v) is 9.60. The molecule has 2 rings (SSSR count). The molecule has 0 spiro atoms. The van der Waals surface area contributed by atoms with Crippen LogP contribution in [0, 0.1) is 11.8 Å². The average molecular weight is 195 g/mol. The quantitative estimate of drug-likeness (QED) is 0.709. The molecule has 2 unspecified atom stereocenters. The Bertz CT molecular complexity index is 163. The molecule has 1 nitrogen and oxygen atoms in total. The highest BCUT2D eigenvalue weighted by atomic mass is 14.9. The maximum atomic E-state index is 3.64. The summed E-state index contributed by atoms with van der Waals surface area (Å²) in [5.74, 6) is 2.09. The summed E-state index contributed by atoms with van der Waals surface area (Å²) in [5.41, 5.74) is 0. The Morgan fingerprint density at radius 3 is 2.57 bits per heavy atom. The molecule has 0 amide bonds. The van der Waals surface area contributed by atoms with E-state index in [4.69, 9.17) is 0 Å². The third kappa shape index (κ3) is 3.27. The summed E-state index contributed by atoms with van der Waals surface area (Å²) >= 11 is 0. The van der Waals surface area contributed by atoms with Crippen LogP contribution in [0.3, 0.4) is 0 Å². The number of nitrogens with one attached hydrogen (secondary N) is 1. The summed E-state index contributed by atoms with van der Waals surface area (Å²) in [5, 5.41) is 3.64. The van der Waals surface area contributed by atoms with Gasteiger partial charge in [0.05, 0.1) is 0 Å². The minimum Gasteiger partial charge on any atom is -0.314 e. The maximum Gasteiger partial charge on any atom is 0.00682 e. The van der Waals surface area contributed by atoms with Gasteiger partial charge < -0.3 is 5.32 Å². The summed E-state index contributed by atoms with van der Waals surface area (Å²) in [6, 6.07) is 0.903. The highest BCUT2D eigenvalue weighted by molar-refractivity contribution is 4.81. The van der Waals surface area contributed by atoms with Gasteiger partial charge in [0.25, 0.3) is 0 Å². The normalized spacial score (nSPS) is 33.2. The standard InChI is InChI=1S/C13H25N/c1-2-11-4-3-5-12(10-11)8-9-14-13-6-7-13/h11-14H,2-10H2,1H3. The van der Waals surface area contributed by atoms with Crippen LogP contribution in [0.2, 0.25) is 0 Å². The first-order chi connectivity index (χ1) is 6.88. The Morgan fingerprint density at radius 2 is 1.86 bits per heavy atom. The smallest absolute Gasteiger partial charge is 0.00682 e. The monoisotopic (exact) mass is 195 g/mol. The van der Waals surface area contributed by atoms with E-state index in [9.17, 15) is 0 Å². The lowest BCUT2D eigenvalue weighted by atomic mass is 9.79. The predicted octanol–water partition coefficient (Wildman–Crippen LogP) is 3.34. The van der Waals surface area contributed by atoms with Gasteiger partial charge in [-0.25, -0.2) is 0 Å². The fraction of sp³-hybridized carbons (Fsp3) is 1.00. The largest absolute Gasteiger partial charge is 0.314 e. The fourth-order valence-corrected chi connectivity index (χ4v) is 2.81. The van der Waals surface area contributed by atoms with E-state index in [1.807, 2.05) is 0 Å². The van der Waals surface area contributed by atoms with Crippen LogP contribution in [0.4, 0.5) is 0 Å². The van der Waals surface area contributed by atoms with Crippen molar-refractivity contribution in [3.8, 4) is 0 Å². The van der Waals surface area contributed by atoms with Gasteiger partial charge in [-0.15, -0.1) is 0 Å². The van der Waals surface area contributed by atoms with Gasteiger partial charge in [0, 0.05) is 6.04 Å². The van der Waals surface area contributed by atoms with Gasteiger partial charge in [0.1, 0.15) is 0 Å². The molecule has 0 aromatic carbocycles. The molecule has 14 heavy (non-hydrogen) atoms. The van der Waals surface area contributed by atoms with E-state index in [-0.39, 0.29) is 0 Å². The first kappa shape index (κ1) is 10.5. The SMILES string of the molecule is CCC1CCCC(CCNC2CC2)C1. The summed E-state index contributed by atoms with van der Waals surface area (Å²) < 4.78 is 0. The van der Waals surface area contributed by atoms with E-state index in [1.165, 1.54) is 57.9 Å². The molecule has 1 heteroatoms. The zero-order chi connectivity index (χ0) is 9.80. The maximum absolute atomic E-state index is 3.64. The third-order valence-electron chi connectivity index (χ3n) is 4.03. The second-order valence-electron chi connectivity index (χ2n) is 5.32. The highest BCUT2D eigenvalue weighted by Crippen LogP contribution is 2.32. The van der Waals surface area contributed by atoms with Crippen LogP contribution in [0.5, 0.6) is 0 Å². The van der Waals surface area contributed by atoms with Crippen molar-refractivity contribution in [2.75, 3.05) is 6.54 Å². The van der Waals surface area contributed by atoms with Crippen molar-refractivity contribution < 1.29 is 0 Å². The molecular formula is C13H25N. The lowest BCUT2D eigenvalue weighted by molar-refractivity contribution is 0.248. The molecule has 0 bridgehead atoms. The molecular weight excluding hydrogens is 170 g/mol. The Kier molecular flexibility index (Phi) is 3.86. The Balaban J connectivity index is 1.58. The molecule has 82 valence electrons. The van der Waals surface area contributed by atoms with Crippen LogP contribution < -0.4 is 5.32 Å². The Labute approximate surface area is 88.7 Å². The van der Waals surface area contributed by atoms with Gasteiger partial charge in [0.2, 0.25) is 0 Å². The van der Waals surface area contributed by atoms with E-state index in [0.717, 1.165) is 17.9 Å². The summed E-state index contributed by atoms with van der Waals surface area (Å²) in [6.45, 7) is 3.64. The average Bonchev–Trinajstić information content (AvgIpc) is 3.02. The molecule has 2 saturated carbocycles. The molecule has 0 radical (unpaired) electrons. The second-order valence-corrected chi connectivity index (χ2v) is 5.32. The van der Waals surface area contributed by atoms with Gasteiger partial charge in [-0.05, 0) is 44.1 Å². The van der Waals surface area contributed by atoms with Crippen molar-refractivity contribution in [1.29, 1.82) is 0 Å². The van der Waals surface area contributed by atoms with Crippen LogP contribution in [-0.4, -0.2) is 12.6 Å². The predicted molar refractivity (Wildman–Crippen MR) is 61.4 cm³/mol. The number of rotatable bonds is 5. The summed E-state index contributed by atoms with van der Waals surface area (Å²) in [4.78, 5) is 0. The minimum atomic E-state index is 0.903. The van der Waals surface area contributed by atoms with Gasteiger partial charge in [-0.3, -0.25) is 0 Å². The second kappa shape index (κ2) is 5.16. The first-order valence-corrected chi connectivity index (χ1v) is 6.62. The van der Waals surface area contributed by atoms with E-state index >= 15 is 0 Å². The molecule has 0 aromatic heterocycles. The topological polar surface area (TPSA) is 12.0 Å². The van der Waals surface area contributed by atoms with Crippen LogP contribution in [0.1, 0.15) is 58.3 Å². The molecule has 1 N–H and O–H groups in total. The first-order valence-electron chi connectivity index (χ1n) is 6.62. The van der Waals surface area contributed by atoms with Crippen molar-refractivity contribution in [2.24, 2.45) is 11.8 Å². The molecule has 0 heterocycles. The van der Waals surface area contributed by atoms with Crippen molar-refractivity contribution in [3.05, 3.63) is 0 Å². The summed E-state index contributed by atoms with van der Waals surface area (Å²) in [6.07, 6.45) is 11.7. The van der Waals surface area contributed by atoms with Crippen LogP contribution >= 0.6 is 0 Å². The lowest BCUT2D eigenvalue weighted by Crippen LogP contribution is -2.23. The van der Waals surface area contributed by atoms with E-state index in [0.29, 0.717) is 0 Å². The minimum absolute atomic E-state index is 0.903. The molecule has 2 aliphatic rings. The Hall–Kier alpha value is -0.0400. The molecule has 2 aliphatic carbocycles. The fourth-order valence-electron chi connectivity index (χ4n) is 2.81. The van der Waals surface area contributed by atoms with Crippen LogP contribution in [0.25, 0.3) is 0 Å². The van der Waals surface area contributed by atoms with Gasteiger partial charge >= 0.3 is 0 Å². The molecule has 0 aromatic rings. The Morgan fingerprint density at radius 1 is 1.07 bits per heavy atom. The third-order valence-corrected chi connectivity index (χ3v) is 4.03. The van der Waals surface area contributed by atoms with Crippen molar-refractivity contribution in [1.82, 2.24) is 5.32 Å². The van der Waals surface area contributed by atoms with Crippen molar-refractivity contribution in [3.63, 3.8) is 0 Å². The van der Waals surface area contributed by atoms with Crippen molar-refractivity contribution >= 4 is 0 Å². The van der Waals surface area contributed by atoms with E-state index in [2.05, 4.69) is 12.2 Å². The molecule has 0 aliphatic heterocycles. The van der Waals surface area contributed by atoms with E-state index < -0.39 is 0 Å². The van der Waals surface area contributed by atoms with Crippen LogP contribution in [-0.2, 0) is 0 Å². The number of hydrogen-bond acceptors (Lipinski definition) is 1. The van der Waals surface area contributed by atoms with Gasteiger partial charge in [-0.2, -0.15) is 0 Å². The zero-order valence-electron chi connectivity index (χ0n) is 9.60. The van der Waals surface area contributed by atoms with Gasteiger partial charge in [0.15, 0.2) is 0 Å². The molecule has 0 saturated heterocycles. The summed E-state index contributed by atoms with van der Waals surface area (Å²) in [7, 11) is 0. The lowest BCUT2D eigenvalue weighted by Gasteiger charge is -2.28. The van der Waals surface area contributed by atoms with E-state index in [1.54, 1.807) is 0 Å². The van der Waals surface area contributed by atoms with Crippen molar-refractivity contribution in [2.45, 2.75) is 64.3 Å². The molecule has 2 atom stereocenters. The van der Waals surface area contributed by atoms with Crippen LogP contribution in [0.15, 0.2) is 0 Å².